The second-order valence-electron chi connectivity index (χ2n) is 4.76. The molecule has 0 heterocycles. The van der Waals surface area contributed by atoms with Crippen molar-refractivity contribution in [2.45, 2.75) is 43.7 Å². The van der Waals surface area contributed by atoms with Gasteiger partial charge in [-0.3, -0.25) is 0 Å². The zero-order chi connectivity index (χ0) is 10.7. The standard InChI is InChI=1S/C13H19NO/c14-13(8-6-12(15)7-9-13)10-11-4-2-1-3-5-11/h1-5,12,15H,6-10,14H2. The molecule has 0 amide bonds. The van der Waals surface area contributed by atoms with E-state index in [2.05, 4.69) is 24.3 Å². The van der Waals surface area contributed by atoms with Crippen LogP contribution in [0.15, 0.2) is 30.3 Å². The van der Waals surface area contributed by atoms with Gasteiger partial charge in [-0.15, -0.1) is 0 Å². The summed E-state index contributed by atoms with van der Waals surface area (Å²) in [5.74, 6) is 0. The molecular formula is C13H19NO. The molecule has 1 aliphatic rings. The zero-order valence-corrected chi connectivity index (χ0v) is 9.02. The number of hydrogen-bond donors (Lipinski definition) is 2. The lowest BCUT2D eigenvalue weighted by atomic mass is 9.77. The minimum atomic E-state index is -0.127. The van der Waals surface area contributed by atoms with Gasteiger partial charge in [-0.1, -0.05) is 30.3 Å². The van der Waals surface area contributed by atoms with Crippen molar-refractivity contribution in [3.05, 3.63) is 35.9 Å². The lowest BCUT2D eigenvalue weighted by molar-refractivity contribution is 0.0973. The van der Waals surface area contributed by atoms with Crippen LogP contribution in [0.4, 0.5) is 0 Å². The van der Waals surface area contributed by atoms with E-state index in [1.165, 1.54) is 5.56 Å². The van der Waals surface area contributed by atoms with Crippen LogP contribution in [0.2, 0.25) is 0 Å². The average molecular weight is 205 g/mol. The number of aliphatic hydroxyl groups excluding tert-OH is 1. The van der Waals surface area contributed by atoms with E-state index in [1.54, 1.807) is 0 Å². The summed E-state index contributed by atoms with van der Waals surface area (Å²) < 4.78 is 0. The van der Waals surface area contributed by atoms with Gasteiger partial charge in [0.15, 0.2) is 0 Å². The molecule has 2 nitrogen and oxygen atoms in total. The Morgan fingerprint density at radius 1 is 1.20 bits per heavy atom. The molecule has 0 radical (unpaired) electrons. The summed E-state index contributed by atoms with van der Waals surface area (Å²) in [4.78, 5) is 0. The Morgan fingerprint density at radius 2 is 1.80 bits per heavy atom. The molecule has 0 aliphatic heterocycles. The second kappa shape index (κ2) is 4.33. The Bertz CT molecular complexity index is 302. The number of rotatable bonds is 2. The maximum absolute atomic E-state index is 9.45. The molecule has 1 fully saturated rings. The van der Waals surface area contributed by atoms with Crippen LogP contribution in [0.1, 0.15) is 31.2 Å². The van der Waals surface area contributed by atoms with E-state index < -0.39 is 0 Å². The van der Waals surface area contributed by atoms with Gasteiger partial charge in [0.1, 0.15) is 0 Å². The molecule has 1 aromatic carbocycles. The molecule has 1 aromatic rings. The van der Waals surface area contributed by atoms with Gasteiger partial charge in [-0.25, -0.2) is 0 Å². The molecule has 2 rings (SSSR count). The maximum Gasteiger partial charge on any atom is 0.0541 e. The predicted molar refractivity (Wildman–Crippen MR) is 61.5 cm³/mol. The molecule has 82 valence electrons. The first-order chi connectivity index (χ1) is 7.18. The summed E-state index contributed by atoms with van der Waals surface area (Å²) in [6.45, 7) is 0. The van der Waals surface area contributed by atoms with Crippen molar-refractivity contribution in [1.29, 1.82) is 0 Å². The summed E-state index contributed by atoms with van der Waals surface area (Å²) in [6.07, 6.45) is 4.37. The topological polar surface area (TPSA) is 46.2 Å². The van der Waals surface area contributed by atoms with Gasteiger partial charge in [0.2, 0.25) is 0 Å². The fraction of sp³-hybridized carbons (Fsp3) is 0.538. The fourth-order valence-electron chi connectivity index (χ4n) is 2.36. The van der Waals surface area contributed by atoms with Gasteiger partial charge in [0.05, 0.1) is 6.10 Å². The lowest BCUT2D eigenvalue weighted by Crippen LogP contribution is -2.46. The molecule has 0 saturated heterocycles. The van der Waals surface area contributed by atoms with Gasteiger partial charge >= 0.3 is 0 Å². The minimum absolute atomic E-state index is 0.0966. The lowest BCUT2D eigenvalue weighted by Gasteiger charge is -2.35. The van der Waals surface area contributed by atoms with Crippen LogP contribution in [-0.2, 0) is 6.42 Å². The Balaban J connectivity index is 1.99. The largest absolute Gasteiger partial charge is 0.393 e. The summed E-state index contributed by atoms with van der Waals surface area (Å²) in [5.41, 5.74) is 7.55. The Hall–Kier alpha value is -0.860. The number of aliphatic hydroxyl groups is 1. The second-order valence-corrected chi connectivity index (χ2v) is 4.76. The van der Waals surface area contributed by atoms with Gasteiger partial charge < -0.3 is 10.8 Å². The molecule has 3 N–H and O–H groups in total. The highest BCUT2D eigenvalue weighted by Gasteiger charge is 2.30. The highest BCUT2D eigenvalue weighted by atomic mass is 16.3. The van der Waals surface area contributed by atoms with Crippen LogP contribution in [0.5, 0.6) is 0 Å². The summed E-state index contributed by atoms with van der Waals surface area (Å²) in [7, 11) is 0. The van der Waals surface area contributed by atoms with Crippen molar-refractivity contribution in [1.82, 2.24) is 0 Å². The van der Waals surface area contributed by atoms with Gasteiger partial charge in [-0.05, 0) is 37.7 Å². The van der Waals surface area contributed by atoms with Crippen LogP contribution in [0.25, 0.3) is 0 Å². The molecular weight excluding hydrogens is 186 g/mol. The molecule has 0 bridgehead atoms. The molecule has 0 atom stereocenters. The summed E-state index contributed by atoms with van der Waals surface area (Å²) >= 11 is 0. The van der Waals surface area contributed by atoms with E-state index in [1.807, 2.05) is 6.07 Å². The molecule has 1 saturated carbocycles. The molecule has 1 aliphatic carbocycles. The summed E-state index contributed by atoms with van der Waals surface area (Å²) in [6, 6.07) is 10.4. The molecule has 0 unspecified atom stereocenters. The van der Waals surface area contributed by atoms with E-state index in [9.17, 15) is 5.11 Å². The number of benzene rings is 1. The van der Waals surface area contributed by atoms with Gasteiger partial charge in [0.25, 0.3) is 0 Å². The van der Waals surface area contributed by atoms with E-state index >= 15 is 0 Å². The van der Waals surface area contributed by atoms with Crippen molar-refractivity contribution in [3.8, 4) is 0 Å². The normalized spacial score (nSPS) is 31.5. The van der Waals surface area contributed by atoms with Gasteiger partial charge in [0, 0.05) is 5.54 Å². The van der Waals surface area contributed by atoms with Crippen molar-refractivity contribution in [2.24, 2.45) is 5.73 Å². The third-order valence-electron chi connectivity index (χ3n) is 3.35. The van der Waals surface area contributed by atoms with E-state index in [-0.39, 0.29) is 11.6 Å². The number of hydrogen-bond acceptors (Lipinski definition) is 2. The van der Waals surface area contributed by atoms with E-state index in [0.717, 1.165) is 32.1 Å². The SMILES string of the molecule is NC1(Cc2ccccc2)CCC(O)CC1. The average Bonchev–Trinajstić information content (AvgIpc) is 2.24. The Labute approximate surface area is 91.1 Å². The molecule has 0 aromatic heterocycles. The monoisotopic (exact) mass is 205 g/mol. The minimum Gasteiger partial charge on any atom is -0.393 e. The highest BCUT2D eigenvalue weighted by Crippen LogP contribution is 2.29. The van der Waals surface area contributed by atoms with Crippen LogP contribution >= 0.6 is 0 Å². The molecule has 15 heavy (non-hydrogen) atoms. The number of nitrogens with two attached hydrogens (primary N) is 1. The third kappa shape index (κ3) is 2.80. The quantitative estimate of drug-likeness (QED) is 0.774. The molecule has 0 spiro atoms. The third-order valence-corrected chi connectivity index (χ3v) is 3.35. The van der Waals surface area contributed by atoms with Crippen molar-refractivity contribution in [3.63, 3.8) is 0 Å². The fourth-order valence-corrected chi connectivity index (χ4v) is 2.36. The first-order valence-corrected chi connectivity index (χ1v) is 5.69. The van der Waals surface area contributed by atoms with Crippen LogP contribution < -0.4 is 5.73 Å². The van der Waals surface area contributed by atoms with Crippen LogP contribution in [0, 0.1) is 0 Å². The summed E-state index contributed by atoms with van der Waals surface area (Å²) in [5, 5.41) is 9.45. The van der Waals surface area contributed by atoms with Crippen molar-refractivity contribution in [2.75, 3.05) is 0 Å². The molecule has 2 heteroatoms. The first-order valence-electron chi connectivity index (χ1n) is 5.69. The Kier molecular flexibility index (Phi) is 3.08. The smallest absolute Gasteiger partial charge is 0.0541 e. The first kappa shape index (κ1) is 10.7. The van der Waals surface area contributed by atoms with Crippen molar-refractivity contribution >= 4 is 0 Å². The van der Waals surface area contributed by atoms with Crippen LogP contribution in [-0.4, -0.2) is 16.7 Å². The van der Waals surface area contributed by atoms with E-state index in [4.69, 9.17) is 5.73 Å². The predicted octanol–water partition coefficient (Wildman–Crippen LogP) is 1.86. The van der Waals surface area contributed by atoms with Gasteiger partial charge in [-0.2, -0.15) is 0 Å². The highest BCUT2D eigenvalue weighted by molar-refractivity contribution is 5.18. The maximum atomic E-state index is 9.45. The zero-order valence-electron chi connectivity index (χ0n) is 9.02. The van der Waals surface area contributed by atoms with Crippen molar-refractivity contribution < 1.29 is 5.11 Å². The Morgan fingerprint density at radius 3 is 2.40 bits per heavy atom. The van der Waals surface area contributed by atoms with Crippen LogP contribution in [0.3, 0.4) is 0 Å². The van der Waals surface area contributed by atoms with E-state index in [0.29, 0.717) is 0 Å².